The first-order valence-electron chi connectivity index (χ1n) is 11.0. The summed E-state index contributed by atoms with van der Waals surface area (Å²) in [5.41, 5.74) is 2.39. The van der Waals surface area contributed by atoms with Gasteiger partial charge in [0.05, 0.1) is 32.5 Å². The normalized spacial score (nSPS) is 19.5. The Morgan fingerprint density at radius 1 is 0.903 bits per heavy atom. The number of hydroxylamine groups is 2. The summed E-state index contributed by atoms with van der Waals surface area (Å²) in [5, 5.41) is 4.53. The maximum Gasteiger partial charge on any atom is 0.0864 e. The van der Waals surface area contributed by atoms with Crippen LogP contribution in [0.1, 0.15) is 17.5 Å². The Hall–Kier alpha value is -2.50. The predicted molar refractivity (Wildman–Crippen MR) is 124 cm³/mol. The second-order valence-corrected chi connectivity index (χ2v) is 8.05. The first kappa shape index (κ1) is 21.7. The number of hydrogen-bond donors (Lipinski definition) is 0. The molecule has 0 aliphatic carbocycles. The molecule has 0 aromatic heterocycles. The molecule has 4 heteroatoms. The zero-order chi connectivity index (χ0) is 21.3. The van der Waals surface area contributed by atoms with Crippen LogP contribution in [0.2, 0.25) is 0 Å². The molecule has 0 N–H and O–H groups in total. The molecule has 2 atom stereocenters. The first-order valence-corrected chi connectivity index (χ1v) is 11.0. The number of benzene rings is 3. The Labute approximate surface area is 185 Å². The van der Waals surface area contributed by atoms with Crippen LogP contribution >= 0.6 is 0 Å². The molecule has 31 heavy (non-hydrogen) atoms. The molecule has 4 nitrogen and oxygen atoms in total. The Kier molecular flexibility index (Phi) is 7.86. The van der Waals surface area contributed by atoms with Gasteiger partial charge in [0, 0.05) is 19.0 Å². The summed E-state index contributed by atoms with van der Waals surface area (Å²) in [5.74, 6) is 0.253. The molecule has 3 aromatic rings. The van der Waals surface area contributed by atoms with E-state index in [4.69, 9.17) is 14.3 Å². The van der Waals surface area contributed by atoms with E-state index in [0.29, 0.717) is 26.4 Å². The highest BCUT2D eigenvalue weighted by Crippen LogP contribution is 2.24. The van der Waals surface area contributed by atoms with Crippen molar-refractivity contribution in [2.75, 3.05) is 26.3 Å². The summed E-state index contributed by atoms with van der Waals surface area (Å²) < 4.78 is 12.5. The van der Waals surface area contributed by atoms with Gasteiger partial charge in [-0.1, -0.05) is 72.8 Å². The van der Waals surface area contributed by atoms with Crippen LogP contribution < -0.4 is 0 Å². The van der Waals surface area contributed by atoms with Crippen LogP contribution in [0, 0.1) is 5.92 Å². The zero-order valence-electron chi connectivity index (χ0n) is 18.0. The van der Waals surface area contributed by atoms with Gasteiger partial charge >= 0.3 is 0 Å². The summed E-state index contributed by atoms with van der Waals surface area (Å²) in [7, 11) is 0. The Morgan fingerprint density at radius 2 is 1.71 bits per heavy atom. The van der Waals surface area contributed by atoms with Crippen LogP contribution in [0.5, 0.6) is 0 Å². The van der Waals surface area contributed by atoms with E-state index in [1.807, 2.05) is 23.3 Å². The lowest BCUT2D eigenvalue weighted by Crippen LogP contribution is -2.46. The van der Waals surface area contributed by atoms with Crippen molar-refractivity contribution in [3.63, 3.8) is 0 Å². The van der Waals surface area contributed by atoms with Gasteiger partial charge < -0.3 is 9.47 Å². The molecule has 4 rings (SSSR count). The molecular weight excluding hydrogens is 386 g/mol. The second-order valence-electron chi connectivity index (χ2n) is 8.05. The number of rotatable bonds is 10. The SMILES string of the molecule is C=CCON1CC[C@H](OCc2ccc3ccccc3c2)[C@@H](COCc2ccccc2)C1. The van der Waals surface area contributed by atoms with Gasteiger partial charge in [0.1, 0.15) is 0 Å². The fourth-order valence-electron chi connectivity index (χ4n) is 4.07. The lowest BCUT2D eigenvalue weighted by Gasteiger charge is -2.37. The second kappa shape index (κ2) is 11.2. The van der Waals surface area contributed by atoms with Crippen LogP contribution in [0.3, 0.4) is 0 Å². The lowest BCUT2D eigenvalue weighted by atomic mass is 9.96. The van der Waals surface area contributed by atoms with E-state index in [1.54, 1.807) is 6.08 Å². The smallest absolute Gasteiger partial charge is 0.0864 e. The first-order chi connectivity index (χ1) is 15.3. The third-order valence-corrected chi connectivity index (χ3v) is 5.72. The lowest BCUT2D eigenvalue weighted by molar-refractivity contribution is -0.198. The Balaban J connectivity index is 1.36. The van der Waals surface area contributed by atoms with Crippen LogP contribution in [0.25, 0.3) is 10.8 Å². The van der Waals surface area contributed by atoms with Crippen molar-refractivity contribution in [3.8, 4) is 0 Å². The molecule has 1 saturated heterocycles. The largest absolute Gasteiger partial charge is 0.376 e. The fraction of sp³-hybridized carbons (Fsp3) is 0.333. The fourth-order valence-corrected chi connectivity index (χ4v) is 4.07. The average molecular weight is 418 g/mol. The molecule has 0 spiro atoms. The molecular formula is C27H31NO3. The van der Waals surface area contributed by atoms with E-state index in [9.17, 15) is 0 Å². The highest BCUT2D eigenvalue weighted by atomic mass is 16.7. The third-order valence-electron chi connectivity index (χ3n) is 5.72. The molecule has 0 amide bonds. The number of ether oxygens (including phenoxy) is 2. The minimum absolute atomic E-state index is 0.144. The van der Waals surface area contributed by atoms with E-state index >= 15 is 0 Å². The van der Waals surface area contributed by atoms with E-state index < -0.39 is 0 Å². The van der Waals surface area contributed by atoms with Crippen molar-refractivity contribution >= 4 is 10.8 Å². The summed E-state index contributed by atoms with van der Waals surface area (Å²) >= 11 is 0. The molecule has 1 aliphatic heterocycles. The van der Waals surface area contributed by atoms with Gasteiger partial charge in [0.25, 0.3) is 0 Å². The minimum atomic E-state index is 0.144. The topological polar surface area (TPSA) is 30.9 Å². The summed E-state index contributed by atoms with van der Waals surface area (Å²) in [4.78, 5) is 5.79. The van der Waals surface area contributed by atoms with Gasteiger partial charge in [-0.05, 0) is 34.4 Å². The van der Waals surface area contributed by atoms with E-state index in [1.165, 1.54) is 21.9 Å². The monoisotopic (exact) mass is 417 g/mol. The summed E-state index contributed by atoms with van der Waals surface area (Å²) in [6, 6.07) is 25.3. The van der Waals surface area contributed by atoms with Gasteiger partial charge in [0.2, 0.25) is 0 Å². The zero-order valence-corrected chi connectivity index (χ0v) is 18.0. The van der Waals surface area contributed by atoms with Crippen LogP contribution in [0.4, 0.5) is 0 Å². The number of piperidine rings is 1. The van der Waals surface area contributed by atoms with Crippen LogP contribution in [0.15, 0.2) is 85.5 Å². The maximum absolute atomic E-state index is 6.40. The molecule has 162 valence electrons. The molecule has 3 aromatic carbocycles. The Bertz CT molecular complexity index is 959. The molecule has 1 aliphatic rings. The van der Waals surface area contributed by atoms with Crippen molar-refractivity contribution in [3.05, 3.63) is 96.6 Å². The number of fused-ring (bicyclic) bond motifs is 1. The molecule has 0 radical (unpaired) electrons. The number of hydrogen-bond acceptors (Lipinski definition) is 4. The molecule has 1 heterocycles. The predicted octanol–water partition coefficient (Wildman–Crippen LogP) is 5.38. The van der Waals surface area contributed by atoms with Crippen LogP contribution in [-0.2, 0) is 27.5 Å². The van der Waals surface area contributed by atoms with E-state index in [2.05, 4.69) is 61.2 Å². The van der Waals surface area contributed by atoms with Gasteiger partial charge in [0.15, 0.2) is 0 Å². The van der Waals surface area contributed by atoms with Crippen LogP contribution in [-0.4, -0.2) is 37.5 Å². The third kappa shape index (κ3) is 6.25. The standard InChI is InChI=1S/C27H31NO3/c1-2-16-31-28-15-14-27(26(18-28)21-29-19-22-8-4-3-5-9-22)30-20-23-12-13-24-10-6-7-11-25(24)17-23/h2-13,17,26-27H,1,14-16,18-21H2/t26-,27+/m1/s1. The minimum Gasteiger partial charge on any atom is -0.376 e. The Morgan fingerprint density at radius 3 is 2.55 bits per heavy atom. The van der Waals surface area contributed by atoms with E-state index in [-0.39, 0.29) is 12.0 Å². The summed E-state index contributed by atoms with van der Waals surface area (Å²) in [6.07, 6.45) is 2.85. The van der Waals surface area contributed by atoms with Gasteiger partial charge in [-0.3, -0.25) is 4.84 Å². The van der Waals surface area contributed by atoms with Gasteiger partial charge in [-0.25, -0.2) is 0 Å². The van der Waals surface area contributed by atoms with Crippen molar-refractivity contribution in [1.29, 1.82) is 0 Å². The molecule has 1 fully saturated rings. The summed E-state index contributed by atoms with van der Waals surface area (Å²) in [6.45, 7) is 7.79. The number of nitrogens with zero attached hydrogens (tertiary/aromatic N) is 1. The van der Waals surface area contributed by atoms with Crippen molar-refractivity contribution in [2.24, 2.45) is 5.92 Å². The van der Waals surface area contributed by atoms with Crippen molar-refractivity contribution < 1.29 is 14.3 Å². The molecule has 0 bridgehead atoms. The molecule has 0 unspecified atom stereocenters. The van der Waals surface area contributed by atoms with Gasteiger partial charge in [-0.15, -0.1) is 6.58 Å². The van der Waals surface area contributed by atoms with E-state index in [0.717, 1.165) is 19.5 Å². The highest BCUT2D eigenvalue weighted by molar-refractivity contribution is 5.82. The quantitative estimate of drug-likeness (QED) is 0.414. The van der Waals surface area contributed by atoms with Gasteiger partial charge in [-0.2, -0.15) is 5.06 Å². The van der Waals surface area contributed by atoms with Crippen molar-refractivity contribution in [2.45, 2.75) is 25.7 Å². The van der Waals surface area contributed by atoms with Crippen molar-refractivity contribution in [1.82, 2.24) is 5.06 Å². The average Bonchev–Trinajstić information content (AvgIpc) is 2.82. The highest BCUT2D eigenvalue weighted by Gasteiger charge is 2.30. The molecule has 0 saturated carbocycles. The maximum atomic E-state index is 6.40.